The highest BCUT2D eigenvalue weighted by molar-refractivity contribution is 5.82. The van der Waals surface area contributed by atoms with E-state index in [0.717, 1.165) is 45.9 Å². The molecule has 2 aromatic heterocycles. The molecule has 0 aliphatic rings. The third kappa shape index (κ3) is 3.90. The minimum Gasteiger partial charge on any atom is -0.496 e. The molecule has 0 saturated carbocycles. The summed E-state index contributed by atoms with van der Waals surface area (Å²) in [6.07, 6.45) is 7.92. The molecule has 0 fully saturated rings. The molecule has 0 aliphatic heterocycles. The SMILES string of the molecule is COc1cc(C)ccc1-c1c(-c2ccccc2)ncn1C(C)Cc1cnccn1. The zero-order chi connectivity index (χ0) is 20.2. The van der Waals surface area contributed by atoms with E-state index in [1.165, 1.54) is 0 Å². The minimum absolute atomic E-state index is 0.151. The van der Waals surface area contributed by atoms with E-state index in [1.807, 2.05) is 30.7 Å². The predicted molar refractivity (Wildman–Crippen MR) is 115 cm³/mol. The van der Waals surface area contributed by atoms with Crippen molar-refractivity contribution in [3.05, 3.63) is 84.7 Å². The lowest BCUT2D eigenvalue weighted by molar-refractivity contribution is 0.415. The summed E-state index contributed by atoms with van der Waals surface area (Å²) in [5, 5.41) is 0. The molecule has 1 atom stereocenters. The van der Waals surface area contributed by atoms with E-state index >= 15 is 0 Å². The Morgan fingerprint density at radius 1 is 1.03 bits per heavy atom. The van der Waals surface area contributed by atoms with Gasteiger partial charge in [0, 0.05) is 42.2 Å². The standard InChI is InChI=1S/C24H24N4O/c1-17-9-10-21(22(13-17)29-3)24-23(19-7-5-4-6-8-19)27-16-28(24)18(2)14-20-15-25-11-12-26-20/h4-13,15-16,18H,14H2,1-3H3. The van der Waals surface area contributed by atoms with Crippen LogP contribution in [-0.4, -0.2) is 26.6 Å². The molecule has 0 amide bonds. The zero-order valence-electron chi connectivity index (χ0n) is 16.9. The Labute approximate surface area is 171 Å². The first-order chi connectivity index (χ1) is 14.2. The molecule has 4 aromatic rings. The van der Waals surface area contributed by atoms with E-state index in [4.69, 9.17) is 9.72 Å². The van der Waals surface area contributed by atoms with Crippen LogP contribution in [0, 0.1) is 6.92 Å². The van der Waals surface area contributed by atoms with Gasteiger partial charge in [-0.3, -0.25) is 9.97 Å². The van der Waals surface area contributed by atoms with Crippen molar-refractivity contribution < 1.29 is 4.74 Å². The Balaban J connectivity index is 1.85. The highest BCUT2D eigenvalue weighted by Crippen LogP contribution is 2.39. The first kappa shape index (κ1) is 18.9. The van der Waals surface area contributed by atoms with Crippen LogP contribution in [0.2, 0.25) is 0 Å². The molecule has 5 heteroatoms. The van der Waals surface area contributed by atoms with Gasteiger partial charge in [-0.15, -0.1) is 0 Å². The topological polar surface area (TPSA) is 52.8 Å². The summed E-state index contributed by atoms with van der Waals surface area (Å²) in [6, 6.07) is 16.7. The molecule has 0 N–H and O–H groups in total. The van der Waals surface area contributed by atoms with Crippen LogP contribution >= 0.6 is 0 Å². The number of hydrogen-bond donors (Lipinski definition) is 0. The fourth-order valence-electron chi connectivity index (χ4n) is 3.60. The first-order valence-corrected chi connectivity index (χ1v) is 9.69. The van der Waals surface area contributed by atoms with Crippen LogP contribution in [0.15, 0.2) is 73.4 Å². The van der Waals surface area contributed by atoms with Crippen molar-refractivity contribution >= 4 is 0 Å². The summed E-state index contributed by atoms with van der Waals surface area (Å²) in [5.74, 6) is 0.843. The molecule has 0 spiro atoms. The number of aromatic nitrogens is 4. The molecule has 0 radical (unpaired) electrons. The van der Waals surface area contributed by atoms with Crippen molar-refractivity contribution in [3.8, 4) is 28.3 Å². The largest absolute Gasteiger partial charge is 0.496 e. The van der Waals surface area contributed by atoms with Crippen LogP contribution in [0.4, 0.5) is 0 Å². The van der Waals surface area contributed by atoms with Crippen molar-refractivity contribution in [2.45, 2.75) is 26.3 Å². The lowest BCUT2D eigenvalue weighted by Crippen LogP contribution is -2.10. The second-order valence-corrected chi connectivity index (χ2v) is 7.17. The quantitative estimate of drug-likeness (QED) is 0.462. The fraction of sp³-hybridized carbons (Fsp3) is 0.208. The molecule has 2 aromatic carbocycles. The van der Waals surface area contributed by atoms with Crippen molar-refractivity contribution in [2.24, 2.45) is 0 Å². The summed E-state index contributed by atoms with van der Waals surface area (Å²) in [6.45, 7) is 4.24. The molecule has 2 heterocycles. The Hall–Kier alpha value is -3.47. The third-order valence-electron chi connectivity index (χ3n) is 5.05. The number of ether oxygens (including phenoxy) is 1. The van der Waals surface area contributed by atoms with Crippen LogP contribution in [-0.2, 0) is 6.42 Å². The Bertz CT molecular complexity index is 1090. The van der Waals surface area contributed by atoms with Crippen LogP contribution < -0.4 is 4.74 Å². The smallest absolute Gasteiger partial charge is 0.128 e. The van der Waals surface area contributed by atoms with Gasteiger partial charge in [0.2, 0.25) is 0 Å². The number of benzene rings is 2. The number of imidazole rings is 1. The van der Waals surface area contributed by atoms with Crippen molar-refractivity contribution in [1.82, 2.24) is 19.5 Å². The van der Waals surface area contributed by atoms with Crippen molar-refractivity contribution in [2.75, 3.05) is 7.11 Å². The molecule has 0 aliphatic carbocycles. The maximum Gasteiger partial charge on any atom is 0.128 e. The van der Waals surface area contributed by atoms with Gasteiger partial charge in [-0.1, -0.05) is 36.4 Å². The highest BCUT2D eigenvalue weighted by atomic mass is 16.5. The molecule has 0 saturated heterocycles. The second-order valence-electron chi connectivity index (χ2n) is 7.17. The van der Waals surface area contributed by atoms with E-state index < -0.39 is 0 Å². The maximum absolute atomic E-state index is 5.73. The van der Waals surface area contributed by atoms with E-state index in [-0.39, 0.29) is 6.04 Å². The number of hydrogen-bond acceptors (Lipinski definition) is 4. The average molecular weight is 384 g/mol. The summed E-state index contributed by atoms with van der Waals surface area (Å²) in [7, 11) is 1.71. The average Bonchev–Trinajstić information content (AvgIpc) is 3.20. The molecule has 146 valence electrons. The monoisotopic (exact) mass is 384 g/mol. The van der Waals surface area contributed by atoms with Crippen LogP contribution in [0.3, 0.4) is 0 Å². The van der Waals surface area contributed by atoms with E-state index in [2.05, 4.69) is 58.7 Å². The number of aryl methyl sites for hydroxylation is 1. The van der Waals surface area contributed by atoms with E-state index in [0.29, 0.717) is 0 Å². The van der Waals surface area contributed by atoms with Crippen LogP contribution in [0.25, 0.3) is 22.5 Å². The van der Waals surface area contributed by atoms with Crippen LogP contribution in [0.5, 0.6) is 5.75 Å². The van der Waals surface area contributed by atoms with E-state index in [1.54, 1.807) is 19.5 Å². The van der Waals surface area contributed by atoms with Crippen molar-refractivity contribution in [1.29, 1.82) is 0 Å². The number of methoxy groups -OCH3 is 1. The summed E-state index contributed by atoms with van der Waals surface area (Å²) in [5.41, 5.74) is 6.21. The van der Waals surface area contributed by atoms with Gasteiger partial charge in [0.15, 0.2) is 0 Å². The molecule has 1 unspecified atom stereocenters. The Morgan fingerprint density at radius 3 is 2.59 bits per heavy atom. The zero-order valence-corrected chi connectivity index (χ0v) is 16.9. The molecule has 29 heavy (non-hydrogen) atoms. The molecule has 5 nitrogen and oxygen atoms in total. The summed E-state index contributed by atoms with van der Waals surface area (Å²) < 4.78 is 7.94. The highest BCUT2D eigenvalue weighted by Gasteiger charge is 2.21. The second kappa shape index (κ2) is 8.27. The van der Waals surface area contributed by atoms with Crippen LogP contribution in [0.1, 0.15) is 24.2 Å². The molecular formula is C24H24N4O. The lowest BCUT2D eigenvalue weighted by Gasteiger charge is -2.19. The molecule has 4 rings (SSSR count). The summed E-state index contributed by atoms with van der Waals surface area (Å²) in [4.78, 5) is 13.4. The van der Waals surface area contributed by atoms with Gasteiger partial charge in [0.25, 0.3) is 0 Å². The number of rotatable bonds is 6. The van der Waals surface area contributed by atoms with Gasteiger partial charge in [-0.05, 0) is 31.5 Å². The van der Waals surface area contributed by atoms with Gasteiger partial charge in [-0.2, -0.15) is 0 Å². The van der Waals surface area contributed by atoms with Gasteiger partial charge >= 0.3 is 0 Å². The van der Waals surface area contributed by atoms with Gasteiger partial charge in [0.05, 0.1) is 30.5 Å². The Kier molecular flexibility index (Phi) is 5.38. The first-order valence-electron chi connectivity index (χ1n) is 9.69. The minimum atomic E-state index is 0.151. The van der Waals surface area contributed by atoms with Gasteiger partial charge in [0.1, 0.15) is 5.75 Å². The fourth-order valence-corrected chi connectivity index (χ4v) is 3.60. The third-order valence-corrected chi connectivity index (χ3v) is 5.05. The van der Waals surface area contributed by atoms with Gasteiger partial charge in [-0.25, -0.2) is 4.98 Å². The lowest BCUT2D eigenvalue weighted by atomic mass is 10.0. The predicted octanol–water partition coefficient (Wildman–Crippen LogP) is 5.13. The van der Waals surface area contributed by atoms with E-state index in [9.17, 15) is 0 Å². The van der Waals surface area contributed by atoms with Crippen molar-refractivity contribution in [3.63, 3.8) is 0 Å². The molecular weight excluding hydrogens is 360 g/mol. The number of nitrogens with zero attached hydrogens (tertiary/aromatic N) is 4. The Morgan fingerprint density at radius 2 is 1.86 bits per heavy atom. The maximum atomic E-state index is 5.73. The summed E-state index contributed by atoms with van der Waals surface area (Å²) >= 11 is 0. The van der Waals surface area contributed by atoms with Gasteiger partial charge < -0.3 is 9.30 Å². The molecule has 0 bridgehead atoms. The normalized spacial score (nSPS) is 12.0.